The van der Waals surface area contributed by atoms with Gasteiger partial charge in [-0.15, -0.1) is 0 Å². The number of rotatable bonds is 49. The van der Waals surface area contributed by atoms with Crippen LogP contribution < -0.4 is 5.32 Å². The molecule has 0 rings (SSSR count). The molecule has 0 aromatic rings. The maximum Gasteiger partial charge on any atom is 0.472 e. The zero-order valence-corrected chi connectivity index (χ0v) is 46.8. The van der Waals surface area contributed by atoms with Crippen molar-refractivity contribution < 1.29 is 32.9 Å². The van der Waals surface area contributed by atoms with Crippen LogP contribution in [0.1, 0.15) is 200 Å². The van der Waals surface area contributed by atoms with Gasteiger partial charge in [0.2, 0.25) is 5.91 Å². The molecule has 0 aromatic heterocycles. The lowest BCUT2D eigenvalue weighted by Gasteiger charge is -2.25. The van der Waals surface area contributed by atoms with Gasteiger partial charge in [0, 0.05) is 6.42 Å². The maximum absolute atomic E-state index is 13.0. The summed E-state index contributed by atoms with van der Waals surface area (Å²) in [6.07, 6.45) is 78.3. The molecule has 0 aliphatic carbocycles. The number of quaternary nitrogens is 1. The van der Waals surface area contributed by atoms with Gasteiger partial charge in [0.05, 0.1) is 39.9 Å². The number of carbonyl (C=O) groups is 1. The van der Waals surface area contributed by atoms with Crippen molar-refractivity contribution in [2.75, 3.05) is 40.9 Å². The molecule has 0 aromatic carbocycles. The predicted octanol–water partition coefficient (Wildman–Crippen LogP) is 17.1. The Morgan fingerprint density at radius 1 is 0.493 bits per heavy atom. The van der Waals surface area contributed by atoms with E-state index >= 15 is 0 Å². The molecule has 0 bridgehead atoms. The molecule has 3 unspecified atom stereocenters. The fourth-order valence-electron chi connectivity index (χ4n) is 7.21. The van der Waals surface area contributed by atoms with Gasteiger partial charge >= 0.3 is 7.82 Å². The van der Waals surface area contributed by atoms with E-state index in [9.17, 15) is 19.4 Å². The summed E-state index contributed by atoms with van der Waals surface area (Å²) in [5.74, 6) is -0.212. The third-order valence-electron chi connectivity index (χ3n) is 11.6. The second kappa shape index (κ2) is 51.5. The van der Waals surface area contributed by atoms with Gasteiger partial charge < -0.3 is 19.8 Å². The SMILES string of the molecule is CC/C=C\C/C=C\C/C=C\C/C=C\C/C=C\C/C=C\C/C=C\C/C=C\CCCCCCCCC(=O)NC(COP(=O)(O)OCC[N+](C)(C)C)C(O)/C=C/CC/C=C/CC/C=C/CCCCCCCCCC. The summed E-state index contributed by atoms with van der Waals surface area (Å²) in [7, 11) is 1.51. The summed E-state index contributed by atoms with van der Waals surface area (Å²) < 4.78 is 23.6. The Bertz CT molecular complexity index is 1610. The largest absolute Gasteiger partial charge is 0.472 e. The number of carbonyl (C=O) groups excluding carboxylic acids is 1. The van der Waals surface area contributed by atoms with E-state index in [0.29, 0.717) is 17.4 Å². The number of nitrogens with one attached hydrogen (secondary N) is 1. The number of aliphatic hydroxyl groups is 1. The summed E-state index contributed by atoms with van der Waals surface area (Å²) in [6.45, 7) is 4.64. The highest BCUT2D eigenvalue weighted by Gasteiger charge is 2.27. The van der Waals surface area contributed by atoms with Crippen molar-refractivity contribution in [2.45, 2.75) is 212 Å². The Balaban J connectivity index is 4.35. The highest BCUT2D eigenvalue weighted by atomic mass is 31.2. The second-order valence-corrected chi connectivity index (χ2v) is 21.0. The van der Waals surface area contributed by atoms with Crippen molar-refractivity contribution >= 4 is 13.7 Å². The van der Waals surface area contributed by atoms with E-state index < -0.39 is 20.0 Å². The van der Waals surface area contributed by atoms with Crippen LogP contribution in [0.3, 0.4) is 0 Å². The average Bonchev–Trinajstić information content (AvgIpc) is 3.33. The number of phosphoric ester groups is 1. The number of likely N-dealkylation sites (N-methyl/N-ethyl adjacent to an activating group) is 1. The first-order valence-corrected chi connectivity index (χ1v) is 29.6. The number of aliphatic hydroxyl groups excluding tert-OH is 1. The lowest BCUT2D eigenvalue weighted by atomic mass is 10.1. The van der Waals surface area contributed by atoms with E-state index in [1.165, 1.54) is 57.8 Å². The molecule has 0 aliphatic rings. The zero-order chi connectivity index (χ0) is 52.0. The van der Waals surface area contributed by atoms with Crippen molar-refractivity contribution in [3.63, 3.8) is 0 Å². The Hall–Kier alpha value is -3.36. The van der Waals surface area contributed by atoms with Gasteiger partial charge in [0.25, 0.3) is 0 Å². The average molecular weight is 1010 g/mol. The fourth-order valence-corrected chi connectivity index (χ4v) is 7.94. The molecular formula is C62H106N2O6P+. The summed E-state index contributed by atoms with van der Waals surface area (Å²) in [5, 5.41) is 13.9. The Kier molecular flexibility index (Phi) is 49.1. The molecule has 0 saturated heterocycles. The Labute approximate surface area is 436 Å². The molecule has 71 heavy (non-hydrogen) atoms. The van der Waals surface area contributed by atoms with Gasteiger partial charge in [-0.05, 0) is 109 Å². The molecule has 0 heterocycles. The zero-order valence-electron chi connectivity index (χ0n) is 45.9. The summed E-state index contributed by atoms with van der Waals surface area (Å²) >= 11 is 0. The number of hydrogen-bond donors (Lipinski definition) is 3. The third kappa shape index (κ3) is 54.3. The molecule has 0 radical (unpaired) electrons. The molecule has 8 nitrogen and oxygen atoms in total. The van der Waals surface area contributed by atoms with Gasteiger partial charge in [-0.25, -0.2) is 4.57 Å². The van der Waals surface area contributed by atoms with Crippen LogP contribution in [0.2, 0.25) is 0 Å². The van der Waals surface area contributed by atoms with E-state index in [0.717, 1.165) is 122 Å². The number of amides is 1. The van der Waals surface area contributed by atoms with E-state index in [-0.39, 0.29) is 19.1 Å². The Morgan fingerprint density at radius 2 is 0.859 bits per heavy atom. The van der Waals surface area contributed by atoms with E-state index in [1.807, 2.05) is 27.2 Å². The minimum absolute atomic E-state index is 0.0427. The van der Waals surface area contributed by atoms with Crippen molar-refractivity contribution in [2.24, 2.45) is 0 Å². The fraction of sp³-hybridized carbons (Fsp3) is 0.629. The van der Waals surface area contributed by atoms with Crippen molar-refractivity contribution in [1.82, 2.24) is 5.32 Å². The van der Waals surface area contributed by atoms with Crippen LogP contribution in [0.25, 0.3) is 0 Å². The van der Waals surface area contributed by atoms with Crippen LogP contribution in [0.5, 0.6) is 0 Å². The first-order chi connectivity index (χ1) is 34.5. The maximum atomic E-state index is 13.0. The van der Waals surface area contributed by atoms with Crippen molar-refractivity contribution in [3.8, 4) is 0 Å². The van der Waals surface area contributed by atoms with Gasteiger partial charge in [0.1, 0.15) is 13.2 Å². The first-order valence-electron chi connectivity index (χ1n) is 28.1. The highest BCUT2D eigenvalue weighted by Crippen LogP contribution is 2.43. The standard InChI is InChI=1S/C62H105N2O6P/c1-6-8-10-12-14-16-18-20-22-24-26-27-28-29-30-31-32-33-34-35-36-37-38-40-42-44-46-48-50-52-54-56-62(66)63-60(59-70-71(67,68)69-58-57-64(3,4)5)61(65)55-53-51-49-47-45-43-41-39-25-23-21-19-17-15-13-11-9-7-2/h8,10,14,16,20,22,25-27,29-30,32-33,35-36,38-40,45,47,53,55,60-61,65H,6-7,9,11-13,15,17-19,21,23-24,28,31,34,37,41-44,46,48-52,54,56-59H2,1-5H3,(H-,63,66,67,68)/p+1/b10-8-,16-14-,22-20-,27-26-,30-29-,33-32-,36-35-,39-25+,40-38-,47-45+,55-53+. The van der Waals surface area contributed by atoms with Crippen LogP contribution in [0, 0.1) is 0 Å². The number of nitrogens with zero attached hydrogens (tertiary/aromatic N) is 1. The van der Waals surface area contributed by atoms with Crippen LogP contribution in [0.4, 0.5) is 0 Å². The minimum atomic E-state index is -4.37. The molecule has 0 spiro atoms. The highest BCUT2D eigenvalue weighted by molar-refractivity contribution is 7.47. The minimum Gasteiger partial charge on any atom is -0.387 e. The van der Waals surface area contributed by atoms with Crippen LogP contribution in [-0.2, 0) is 18.4 Å². The van der Waals surface area contributed by atoms with Crippen molar-refractivity contribution in [3.05, 3.63) is 134 Å². The van der Waals surface area contributed by atoms with Gasteiger partial charge in [-0.1, -0.05) is 218 Å². The topological polar surface area (TPSA) is 105 Å². The first kappa shape index (κ1) is 67.6. The molecule has 3 atom stereocenters. The lowest BCUT2D eigenvalue weighted by Crippen LogP contribution is -2.45. The molecule has 0 fully saturated rings. The predicted molar refractivity (Wildman–Crippen MR) is 308 cm³/mol. The van der Waals surface area contributed by atoms with Crippen LogP contribution in [0.15, 0.2) is 134 Å². The van der Waals surface area contributed by atoms with E-state index in [2.05, 4.69) is 141 Å². The molecule has 9 heteroatoms. The van der Waals surface area contributed by atoms with E-state index in [1.54, 1.807) is 6.08 Å². The quantitative estimate of drug-likeness (QED) is 0.0243. The molecule has 1 amide bonds. The molecular weight excluding hydrogens is 900 g/mol. The smallest absolute Gasteiger partial charge is 0.387 e. The monoisotopic (exact) mass is 1010 g/mol. The van der Waals surface area contributed by atoms with Gasteiger partial charge in [0.15, 0.2) is 0 Å². The van der Waals surface area contributed by atoms with Crippen LogP contribution in [-0.4, -0.2) is 73.4 Å². The summed E-state index contributed by atoms with van der Waals surface area (Å²) in [4.78, 5) is 23.3. The Morgan fingerprint density at radius 3 is 1.30 bits per heavy atom. The number of allylic oxidation sites excluding steroid dienone is 21. The normalized spacial score (nSPS) is 15.0. The molecule has 0 aliphatic heterocycles. The summed E-state index contributed by atoms with van der Waals surface area (Å²) in [6, 6.07) is -0.888. The van der Waals surface area contributed by atoms with Crippen LogP contribution >= 0.6 is 7.82 Å². The summed E-state index contributed by atoms with van der Waals surface area (Å²) in [5.41, 5.74) is 0. The van der Waals surface area contributed by atoms with Gasteiger partial charge in [-0.3, -0.25) is 13.8 Å². The number of hydrogen-bond acceptors (Lipinski definition) is 5. The van der Waals surface area contributed by atoms with Crippen molar-refractivity contribution in [1.29, 1.82) is 0 Å². The third-order valence-corrected chi connectivity index (χ3v) is 12.6. The molecule has 3 N–H and O–H groups in total. The van der Waals surface area contributed by atoms with E-state index in [4.69, 9.17) is 9.05 Å². The molecule has 404 valence electrons. The lowest BCUT2D eigenvalue weighted by molar-refractivity contribution is -0.870. The number of phosphoric acid groups is 1. The second-order valence-electron chi connectivity index (χ2n) is 19.6. The van der Waals surface area contributed by atoms with Gasteiger partial charge in [-0.2, -0.15) is 0 Å². The number of unbranched alkanes of at least 4 members (excludes halogenated alkanes) is 16. The molecule has 0 saturated carbocycles.